The van der Waals surface area contributed by atoms with E-state index in [-0.39, 0.29) is 11.9 Å². The standard InChI is InChI=1S/C19H18FN5O2/c1-12(11-26-2)22-18-21-8-7-15(23-18)17-16(13-3-5-14(20)6-4-13)24-19-25(17)9-10-27-19/h3-10,12H,11H2,1-2H3,(H,21,22,23)/t12-/m0/s1. The molecule has 7 nitrogen and oxygen atoms in total. The Labute approximate surface area is 154 Å². The molecule has 0 fully saturated rings. The summed E-state index contributed by atoms with van der Waals surface area (Å²) in [4.78, 5) is 13.4. The van der Waals surface area contributed by atoms with Crippen molar-refractivity contribution in [3.8, 4) is 22.6 Å². The lowest BCUT2D eigenvalue weighted by atomic mass is 10.1. The topological polar surface area (TPSA) is 77.5 Å². The van der Waals surface area contributed by atoms with Crippen LogP contribution in [0.3, 0.4) is 0 Å². The lowest BCUT2D eigenvalue weighted by molar-refractivity contribution is 0.190. The van der Waals surface area contributed by atoms with Crippen LogP contribution in [0.5, 0.6) is 0 Å². The first-order chi connectivity index (χ1) is 13.2. The van der Waals surface area contributed by atoms with Crippen molar-refractivity contribution in [3.63, 3.8) is 0 Å². The highest BCUT2D eigenvalue weighted by Crippen LogP contribution is 2.32. The molecule has 0 amide bonds. The van der Waals surface area contributed by atoms with E-state index in [1.54, 1.807) is 44.0 Å². The average Bonchev–Trinajstić information content (AvgIpc) is 3.23. The van der Waals surface area contributed by atoms with Crippen LogP contribution >= 0.6 is 0 Å². The minimum atomic E-state index is -0.302. The Morgan fingerprint density at radius 3 is 2.81 bits per heavy atom. The molecule has 4 rings (SSSR count). The fourth-order valence-corrected chi connectivity index (χ4v) is 2.91. The molecular weight excluding hydrogens is 349 g/mol. The maximum absolute atomic E-state index is 13.3. The van der Waals surface area contributed by atoms with Crippen LogP contribution in [-0.2, 0) is 4.74 Å². The van der Waals surface area contributed by atoms with Crippen molar-refractivity contribution in [1.82, 2.24) is 19.4 Å². The van der Waals surface area contributed by atoms with Gasteiger partial charge in [0, 0.05) is 31.1 Å². The molecule has 0 saturated carbocycles. The molecule has 138 valence electrons. The maximum atomic E-state index is 13.3. The number of aromatic nitrogens is 4. The molecule has 3 aromatic heterocycles. The zero-order chi connectivity index (χ0) is 18.8. The van der Waals surface area contributed by atoms with Gasteiger partial charge in [0.1, 0.15) is 23.5 Å². The van der Waals surface area contributed by atoms with E-state index in [4.69, 9.17) is 9.15 Å². The molecule has 0 bridgehead atoms. The number of hydrogen-bond donors (Lipinski definition) is 1. The Morgan fingerprint density at radius 2 is 2.04 bits per heavy atom. The Bertz CT molecular complexity index is 1060. The molecule has 1 N–H and O–H groups in total. The highest BCUT2D eigenvalue weighted by atomic mass is 19.1. The zero-order valence-corrected chi connectivity index (χ0v) is 14.9. The third-order valence-electron chi connectivity index (χ3n) is 4.07. The van der Waals surface area contributed by atoms with Crippen molar-refractivity contribution in [2.45, 2.75) is 13.0 Å². The number of anilines is 1. The predicted octanol–water partition coefficient (Wildman–Crippen LogP) is 3.64. The van der Waals surface area contributed by atoms with Gasteiger partial charge in [-0.3, -0.25) is 4.40 Å². The number of benzene rings is 1. The normalized spacial score (nSPS) is 12.4. The zero-order valence-electron chi connectivity index (χ0n) is 14.9. The second kappa shape index (κ2) is 7.16. The Hall–Kier alpha value is -3.26. The summed E-state index contributed by atoms with van der Waals surface area (Å²) >= 11 is 0. The first-order valence-electron chi connectivity index (χ1n) is 8.46. The van der Waals surface area contributed by atoms with Crippen LogP contribution in [0.25, 0.3) is 28.5 Å². The van der Waals surface area contributed by atoms with Gasteiger partial charge in [0.05, 0.1) is 12.3 Å². The van der Waals surface area contributed by atoms with E-state index in [1.807, 2.05) is 11.3 Å². The van der Waals surface area contributed by atoms with Gasteiger partial charge in [-0.05, 0) is 37.3 Å². The molecule has 1 aromatic carbocycles. The van der Waals surface area contributed by atoms with Crippen LogP contribution in [0.4, 0.5) is 10.3 Å². The summed E-state index contributed by atoms with van der Waals surface area (Å²) in [6, 6.07) is 8.03. The van der Waals surface area contributed by atoms with E-state index in [1.165, 1.54) is 12.1 Å². The number of ether oxygens (including phenoxy) is 1. The summed E-state index contributed by atoms with van der Waals surface area (Å²) in [6.07, 6.45) is 5.01. The van der Waals surface area contributed by atoms with Gasteiger partial charge in [0.25, 0.3) is 0 Å². The summed E-state index contributed by atoms with van der Waals surface area (Å²) < 4.78 is 25.7. The van der Waals surface area contributed by atoms with Crippen molar-refractivity contribution in [2.75, 3.05) is 19.0 Å². The number of rotatable bonds is 6. The summed E-state index contributed by atoms with van der Waals surface area (Å²) in [5.74, 6) is 0.620. The van der Waals surface area contributed by atoms with Gasteiger partial charge < -0.3 is 14.5 Å². The van der Waals surface area contributed by atoms with Gasteiger partial charge in [-0.25, -0.2) is 14.4 Å². The fourth-order valence-electron chi connectivity index (χ4n) is 2.91. The molecule has 27 heavy (non-hydrogen) atoms. The number of fused-ring (bicyclic) bond motifs is 1. The number of hydrogen-bond acceptors (Lipinski definition) is 6. The average molecular weight is 367 g/mol. The van der Waals surface area contributed by atoms with E-state index in [9.17, 15) is 4.39 Å². The molecule has 4 aromatic rings. The van der Waals surface area contributed by atoms with Crippen LogP contribution in [0.1, 0.15) is 6.92 Å². The quantitative estimate of drug-likeness (QED) is 0.561. The summed E-state index contributed by atoms with van der Waals surface area (Å²) in [6.45, 7) is 2.52. The largest absolute Gasteiger partial charge is 0.432 e. The molecular formula is C19H18FN5O2. The second-order valence-electron chi connectivity index (χ2n) is 6.14. The Balaban J connectivity index is 1.80. The lowest BCUT2D eigenvalue weighted by Crippen LogP contribution is -2.22. The van der Waals surface area contributed by atoms with Crippen LogP contribution in [-0.4, -0.2) is 39.1 Å². The molecule has 0 unspecified atom stereocenters. The molecule has 8 heteroatoms. The summed E-state index contributed by atoms with van der Waals surface area (Å²) in [5, 5.41) is 3.20. The summed E-state index contributed by atoms with van der Waals surface area (Å²) in [7, 11) is 1.65. The van der Waals surface area contributed by atoms with Crippen molar-refractivity contribution in [2.24, 2.45) is 0 Å². The van der Waals surface area contributed by atoms with E-state index >= 15 is 0 Å². The number of imidazole rings is 1. The molecule has 0 radical (unpaired) electrons. The van der Waals surface area contributed by atoms with E-state index in [2.05, 4.69) is 20.3 Å². The van der Waals surface area contributed by atoms with Gasteiger partial charge in [-0.2, -0.15) is 4.98 Å². The lowest BCUT2D eigenvalue weighted by Gasteiger charge is -2.13. The molecule has 0 aliphatic rings. The number of halogens is 1. The summed E-state index contributed by atoms with van der Waals surface area (Å²) in [5.41, 5.74) is 2.84. The van der Waals surface area contributed by atoms with Crippen molar-refractivity contribution in [3.05, 3.63) is 54.8 Å². The SMILES string of the molecule is COC[C@H](C)Nc1nccc(-c2c(-c3ccc(F)cc3)nc3occn23)n1. The van der Waals surface area contributed by atoms with Gasteiger partial charge >= 0.3 is 5.84 Å². The minimum absolute atomic E-state index is 0.0567. The molecule has 0 aliphatic heterocycles. The smallest absolute Gasteiger partial charge is 0.306 e. The minimum Gasteiger partial charge on any atom is -0.432 e. The van der Waals surface area contributed by atoms with E-state index in [0.717, 1.165) is 11.3 Å². The second-order valence-corrected chi connectivity index (χ2v) is 6.14. The molecule has 0 spiro atoms. The van der Waals surface area contributed by atoms with Crippen LogP contribution < -0.4 is 5.32 Å². The van der Waals surface area contributed by atoms with Gasteiger partial charge in [0.2, 0.25) is 5.95 Å². The van der Waals surface area contributed by atoms with Crippen LogP contribution in [0.15, 0.2) is 53.4 Å². The van der Waals surface area contributed by atoms with Crippen LogP contribution in [0.2, 0.25) is 0 Å². The number of oxazole rings is 1. The molecule has 1 atom stereocenters. The fraction of sp³-hybridized carbons (Fsp3) is 0.211. The highest BCUT2D eigenvalue weighted by Gasteiger charge is 2.19. The monoisotopic (exact) mass is 367 g/mol. The Morgan fingerprint density at radius 1 is 1.22 bits per heavy atom. The van der Waals surface area contributed by atoms with Crippen LogP contribution in [0, 0.1) is 5.82 Å². The number of nitrogens with one attached hydrogen (secondary N) is 1. The third-order valence-corrected chi connectivity index (χ3v) is 4.07. The van der Waals surface area contributed by atoms with E-state index < -0.39 is 0 Å². The third kappa shape index (κ3) is 3.39. The number of methoxy groups -OCH3 is 1. The predicted molar refractivity (Wildman–Crippen MR) is 98.8 cm³/mol. The van der Waals surface area contributed by atoms with Gasteiger partial charge in [-0.15, -0.1) is 0 Å². The van der Waals surface area contributed by atoms with Crippen molar-refractivity contribution < 1.29 is 13.5 Å². The van der Waals surface area contributed by atoms with Crippen molar-refractivity contribution >= 4 is 11.8 Å². The molecule has 0 aliphatic carbocycles. The van der Waals surface area contributed by atoms with Gasteiger partial charge in [0.15, 0.2) is 0 Å². The van der Waals surface area contributed by atoms with E-state index in [0.29, 0.717) is 29.8 Å². The molecule has 3 heterocycles. The first-order valence-corrected chi connectivity index (χ1v) is 8.46. The number of nitrogens with zero attached hydrogens (tertiary/aromatic N) is 4. The Kier molecular flexibility index (Phi) is 4.55. The van der Waals surface area contributed by atoms with Crippen molar-refractivity contribution in [1.29, 1.82) is 0 Å². The molecule has 0 saturated heterocycles. The highest BCUT2D eigenvalue weighted by molar-refractivity contribution is 5.79. The first kappa shape index (κ1) is 17.2. The van der Waals surface area contributed by atoms with Gasteiger partial charge in [-0.1, -0.05) is 0 Å². The maximum Gasteiger partial charge on any atom is 0.306 e.